The van der Waals surface area contributed by atoms with Crippen LogP contribution < -0.4 is 5.32 Å². The average Bonchev–Trinajstić information content (AvgIpc) is 3.25. The van der Waals surface area contributed by atoms with Crippen LogP contribution in [0.3, 0.4) is 0 Å². The lowest BCUT2D eigenvalue weighted by Crippen LogP contribution is -2.19. The summed E-state index contributed by atoms with van der Waals surface area (Å²) < 4.78 is 0. The van der Waals surface area contributed by atoms with Crippen LogP contribution >= 0.6 is 0 Å². The fraction of sp³-hybridized carbons (Fsp3) is 0.393. The standard InChI is InChI=1S/C36H45N.C9H10.C4H10.C3H8.2C2H4/c1-7-33-19-18-32(26-34(33)8-2)22-23-37-29(6)25-36(27(3)4)24-28(5)35-20-16-31(17-21-35)15-14-30-12-10-9-11-13-30;1-3-9-6-4-5-8(2)7-9;1-3-4-2;1-3-2;2*1-2/h10,12-13,16-21,26,28,36-37H,3,6-9,11,22-25H2,1-2,4-5H3;3-7H,1H2,2H3;3-4H2,1-2H3;3H2,1-2H3;2*1-2H2. The normalized spacial score (nSPS) is 11.6. The van der Waals surface area contributed by atoms with Crippen LogP contribution in [-0.2, 0) is 19.3 Å². The quantitative estimate of drug-likeness (QED) is 0.127. The molecule has 1 heteroatoms. The van der Waals surface area contributed by atoms with E-state index in [9.17, 15) is 0 Å². The van der Waals surface area contributed by atoms with E-state index in [1.54, 1.807) is 0 Å². The van der Waals surface area contributed by atoms with Gasteiger partial charge in [0.15, 0.2) is 0 Å². The van der Waals surface area contributed by atoms with Crippen molar-refractivity contribution in [3.05, 3.63) is 187 Å². The molecule has 1 aliphatic carbocycles. The van der Waals surface area contributed by atoms with Gasteiger partial charge in [0.1, 0.15) is 0 Å². The largest absolute Gasteiger partial charge is 0.388 e. The van der Waals surface area contributed by atoms with E-state index in [4.69, 9.17) is 0 Å². The van der Waals surface area contributed by atoms with E-state index in [0.29, 0.717) is 11.8 Å². The monoisotopic (exact) mass is 768 g/mol. The summed E-state index contributed by atoms with van der Waals surface area (Å²) in [6, 6.07) is 24.0. The van der Waals surface area contributed by atoms with Crippen LogP contribution in [0.25, 0.3) is 6.08 Å². The predicted molar refractivity (Wildman–Crippen MR) is 262 cm³/mol. The fourth-order valence-corrected chi connectivity index (χ4v) is 5.83. The summed E-state index contributed by atoms with van der Waals surface area (Å²) in [4.78, 5) is 0. The SMILES string of the molecule is C=C.C=C.C=C(CC(CC(C)c1ccc(C#CC2=CCCC=C2)cc1)C(=C)C)NCCc1ccc(CC)c(CC)c1.C=Cc1cccc(C)c1.CCC.CCCC. The van der Waals surface area contributed by atoms with Crippen LogP contribution in [0.4, 0.5) is 0 Å². The molecule has 0 spiro atoms. The van der Waals surface area contributed by atoms with Crippen LogP contribution in [0.2, 0.25) is 0 Å². The molecule has 0 bridgehead atoms. The van der Waals surface area contributed by atoms with Crippen LogP contribution in [-0.4, -0.2) is 6.54 Å². The molecule has 1 nitrogen and oxygen atoms in total. The Morgan fingerprint density at radius 3 is 1.93 bits per heavy atom. The van der Waals surface area contributed by atoms with Crippen molar-refractivity contribution in [2.45, 2.75) is 132 Å². The van der Waals surface area contributed by atoms with Crippen molar-refractivity contribution in [2.75, 3.05) is 6.54 Å². The summed E-state index contributed by atoms with van der Waals surface area (Å²) in [5.41, 5.74) is 12.7. The maximum Gasteiger partial charge on any atom is 0.0249 e. The van der Waals surface area contributed by atoms with Crippen molar-refractivity contribution in [1.82, 2.24) is 5.32 Å². The van der Waals surface area contributed by atoms with Gasteiger partial charge in [-0.3, -0.25) is 0 Å². The maximum atomic E-state index is 4.34. The van der Waals surface area contributed by atoms with Gasteiger partial charge in [-0.2, -0.15) is 0 Å². The Labute approximate surface area is 353 Å². The van der Waals surface area contributed by atoms with Gasteiger partial charge in [-0.25, -0.2) is 0 Å². The first-order valence-corrected chi connectivity index (χ1v) is 21.4. The van der Waals surface area contributed by atoms with E-state index < -0.39 is 0 Å². The first-order chi connectivity index (χ1) is 27.5. The molecule has 0 radical (unpaired) electrons. The van der Waals surface area contributed by atoms with Gasteiger partial charge in [0.25, 0.3) is 0 Å². The zero-order valence-electron chi connectivity index (χ0n) is 38.0. The van der Waals surface area contributed by atoms with Gasteiger partial charge in [0, 0.05) is 23.4 Å². The third-order valence-electron chi connectivity index (χ3n) is 9.25. The molecule has 0 saturated carbocycles. The van der Waals surface area contributed by atoms with Gasteiger partial charge in [0.2, 0.25) is 0 Å². The molecule has 4 rings (SSSR count). The number of unbranched alkanes of at least 4 members (excludes halogenated alkanes) is 1. The van der Waals surface area contributed by atoms with Crippen LogP contribution in [0.5, 0.6) is 0 Å². The average molecular weight is 768 g/mol. The number of benzene rings is 3. The number of hydrogen-bond donors (Lipinski definition) is 1. The Balaban J connectivity index is 0. The smallest absolute Gasteiger partial charge is 0.0249 e. The first kappa shape index (κ1) is 54.3. The summed E-state index contributed by atoms with van der Waals surface area (Å²) in [6.45, 7) is 44.9. The second-order valence-corrected chi connectivity index (χ2v) is 14.3. The van der Waals surface area contributed by atoms with E-state index in [1.807, 2.05) is 18.2 Å². The minimum atomic E-state index is 0.412. The summed E-state index contributed by atoms with van der Waals surface area (Å²) >= 11 is 0. The number of hydrogen-bond acceptors (Lipinski definition) is 1. The van der Waals surface area contributed by atoms with E-state index in [0.717, 1.165) is 68.3 Å². The fourth-order valence-electron chi connectivity index (χ4n) is 5.83. The molecule has 310 valence electrons. The van der Waals surface area contributed by atoms with Crippen LogP contribution in [0.15, 0.2) is 148 Å². The third kappa shape index (κ3) is 25.1. The van der Waals surface area contributed by atoms with Crippen molar-refractivity contribution >= 4 is 6.08 Å². The molecular weight excluding hydrogens is 687 g/mol. The van der Waals surface area contributed by atoms with Gasteiger partial charge in [-0.1, -0.05) is 189 Å². The molecule has 0 amide bonds. The van der Waals surface area contributed by atoms with Crippen LogP contribution in [0.1, 0.15) is 145 Å². The molecule has 0 fully saturated rings. The number of nitrogens with one attached hydrogen (secondary N) is 1. The molecule has 0 heterocycles. The topological polar surface area (TPSA) is 12.0 Å². The Morgan fingerprint density at radius 2 is 1.44 bits per heavy atom. The first-order valence-electron chi connectivity index (χ1n) is 21.4. The van der Waals surface area contributed by atoms with Gasteiger partial charge in [0.05, 0.1) is 0 Å². The molecule has 0 saturated heterocycles. The Hall–Kier alpha value is -4.80. The molecule has 3 aromatic rings. The van der Waals surface area contributed by atoms with E-state index in [2.05, 4.69) is 198 Å². The summed E-state index contributed by atoms with van der Waals surface area (Å²) in [6.07, 6.45) is 19.7. The minimum Gasteiger partial charge on any atom is -0.388 e. The number of rotatable bonds is 14. The molecule has 0 aromatic heterocycles. The second-order valence-electron chi connectivity index (χ2n) is 14.3. The van der Waals surface area contributed by atoms with Crippen molar-refractivity contribution < 1.29 is 0 Å². The Bertz CT molecular complexity index is 1650. The van der Waals surface area contributed by atoms with Crippen molar-refractivity contribution in [3.8, 4) is 11.8 Å². The highest BCUT2D eigenvalue weighted by Gasteiger charge is 2.17. The molecule has 1 N–H and O–H groups in total. The highest BCUT2D eigenvalue weighted by atomic mass is 14.9. The summed E-state index contributed by atoms with van der Waals surface area (Å²) in [5, 5.41) is 3.58. The second kappa shape index (κ2) is 35.6. The lowest BCUT2D eigenvalue weighted by molar-refractivity contribution is 0.491. The lowest BCUT2D eigenvalue weighted by atomic mass is 9.84. The molecule has 3 aromatic carbocycles. The van der Waals surface area contributed by atoms with E-state index in [1.165, 1.54) is 58.2 Å². The van der Waals surface area contributed by atoms with Gasteiger partial charge >= 0.3 is 0 Å². The van der Waals surface area contributed by atoms with Gasteiger partial charge in [-0.05, 0) is 111 Å². The van der Waals surface area contributed by atoms with Crippen LogP contribution in [0, 0.1) is 24.7 Å². The summed E-state index contributed by atoms with van der Waals surface area (Å²) in [7, 11) is 0. The van der Waals surface area contributed by atoms with E-state index in [-0.39, 0.29) is 0 Å². The summed E-state index contributed by atoms with van der Waals surface area (Å²) in [5.74, 6) is 7.46. The molecular formula is C56H81N. The molecule has 1 aliphatic rings. The zero-order chi connectivity index (χ0) is 43.4. The lowest BCUT2D eigenvalue weighted by Gasteiger charge is -2.23. The van der Waals surface area contributed by atoms with Crippen molar-refractivity contribution in [2.24, 2.45) is 5.92 Å². The van der Waals surface area contributed by atoms with Crippen molar-refractivity contribution in [3.63, 3.8) is 0 Å². The maximum absolute atomic E-state index is 4.34. The molecule has 0 aliphatic heterocycles. The molecule has 2 unspecified atom stereocenters. The highest BCUT2D eigenvalue weighted by molar-refractivity contribution is 5.48. The van der Waals surface area contributed by atoms with Gasteiger partial charge < -0.3 is 5.32 Å². The third-order valence-corrected chi connectivity index (χ3v) is 9.25. The highest BCUT2D eigenvalue weighted by Crippen LogP contribution is 2.30. The molecule has 2 atom stereocenters. The van der Waals surface area contributed by atoms with Gasteiger partial charge in [-0.15, -0.1) is 26.3 Å². The van der Waals surface area contributed by atoms with E-state index >= 15 is 0 Å². The molecule has 57 heavy (non-hydrogen) atoms. The Morgan fingerprint density at radius 1 is 0.807 bits per heavy atom. The predicted octanol–water partition coefficient (Wildman–Crippen LogP) is 16.3. The minimum absolute atomic E-state index is 0.412. The number of aryl methyl sites for hydroxylation is 3. The number of allylic oxidation sites excluding steroid dienone is 6. The Kier molecular flexibility index (Phi) is 33.9. The zero-order valence-corrected chi connectivity index (χ0v) is 38.0. The van der Waals surface area contributed by atoms with Crippen molar-refractivity contribution in [1.29, 1.82) is 0 Å².